The van der Waals surface area contributed by atoms with Gasteiger partial charge in [0.25, 0.3) is 0 Å². The van der Waals surface area contributed by atoms with Crippen LogP contribution in [0.15, 0.2) is 0 Å². The lowest BCUT2D eigenvalue weighted by molar-refractivity contribution is -0.169. The molecule has 4 rings (SSSR count). The number of hydrogen-bond acceptors (Lipinski definition) is 1. The largest absolute Gasteiger partial charge is 0.351 e. The molecule has 2 atom stereocenters. The van der Waals surface area contributed by atoms with E-state index in [0.29, 0.717) is 16.2 Å². The Balaban J connectivity index is 2.02. The third-order valence-corrected chi connectivity index (χ3v) is 5.89. The minimum atomic E-state index is 0.111. The van der Waals surface area contributed by atoms with Crippen LogP contribution in [0.2, 0.25) is 0 Å². The molecular formula is C16H27NO. The highest BCUT2D eigenvalue weighted by Gasteiger charge is 2.65. The minimum Gasteiger partial charge on any atom is -0.351 e. The number of hydrogen-bond donors (Lipinski definition) is 1. The van der Waals surface area contributed by atoms with Gasteiger partial charge in [-0.3, -0.25) is 4.79 Å². The Bertz CT molecular complexity index is 382. The lowest BCUT2D eigenvalue weighted by Gasteiger charge is -2.69. The van der Waals surface area contributed by atoms with Crippen LogP contribution in [0.4, 0.5) is 0 Å². The lowest BCUT2D eigenvalue weighted by Crippen LogP contribution is -2.68. The second kappa shape index (κ2) is 3.32. The van der Waals surface area contributed by atoms with Gasteiger partial charge in [0.1, 0.15) is 0 Å². The standard InChI is InChI=1S/C16H27NO/c1-5-15-7-13(3)6-14(4,8-15)10-16(9-13,11-15)17-12(2)18/h5-11H2,1-4H3,(H,17,18). The third kappa shape index (κ3) is 1.71. The number of rotatable bonds is 2. The van der Waals surface area contributed by atoms with Crippen molar-refractivity contribution in [3.8, 4) is 0 Å². The number of nitrogens with one attached hydrogen (secondary N) is 1. The molecule has 2 unspecified atom stereocenters. The maximum Gasteiger partial charge on any atom is 0.217 e. The Morgan fingerprint density at radius 2 is 1.56 bits per heavy atom. The molecule has 18 heavy (non-hydrogen) atoms. The molecule has 4 saturated carbocycles. The molecule has 4 aliphatic carbocycles. The van der Waals surface area contributed by atoms with Gasteiger partial charge in [0.15, 0.2) is 0 Å². The maximum absolute atomic E-state index is 11.6. The monoisotopic (exact) mass is 249 g/mol. The quantitative estimate of drug-likeness (QED) is 0.795. The average Bonchev–Trinajstić information content (AvgIpc) is 2.09. The van der Waals surface area contributed by atoms with Gasteiger partial charge >= 0.3 is 0 Å². The molecule has 0 spiro atoms. The van der Waals surface area contributed by atoms with Gasteiger partial charge < -0.3 is 5.32 Å². The van der Waals surface area contributed by atoms with E-state index in [4.69, 9.17) is 0 Å². The van der Waals surface area contributed by atoms with Gasteiger partial charge in [-0.2, -0.15) is 0 Å². The van der Waals surface area contributed by atoms with Crippen molar-refractivity contribution < 1.29 is 4.79 Å². The first kappa shape index (κ1) is 12.5. The summed E-state index contributed by atoms with van der Waals surface area (Å²) in [6.45, 7) is 8.95. The van der Waals surface area contributed by atoms with E-state index in [1.807, 2.05) is 0 Å². The molecule has 0 aromatic carbocycles. The summed E-state index contributed by atoms with van der Waals surface area (Å²) < 4.78 is 0. The summed E-state index contributed by atoms with van der Waals surface area (Å²) in [6.07, 6.45) is 9.04. The average molecular weight is 249 g/mol. The van der Waals surface area contributed by atoms with Gasteiger partial charge in [0.2, 0.25) is 5.91 Å². The van der Waals surface area contributed by atoms with Crippen molar-refractivity contribution >= 4 is 5.91 Å². The summed E-state index contributed by atoms with van der Waals surface area (Å²) in [6, 6.07) is 0. The maximum atomic E-state index is 11.6. The molecular weight excluding hydrogens is 222 g/mol. The van der Waals surface area contributed by atoms with Gasteiger partial charge in [0.05, 0.1) is 0 Å². The van der Waals surface area contributed by atoms with Crippen LogP contribution in [0, 0.1) is 16.2 Å². The van der Waals surface area contributed by atoms with E-state index in [0.717, 1.165) is 0 Å². The molecule has 4 aliphatic rings. The number of amides is 1. The van der Waals surface area contributed by atoms with Crippen molar-refractivity contribution in [2.24, 2.45) is 16.2 Å². The predicted molar refractivity (Wildman–Crippen MR) is 73.2 cm³/mol. The zero-order chi connectivity index (χ0) is 13.2. The van der Waals surface area contributed by atoms with Gasteiger partial charge in [-0.25, -0.2) is 0 Å². The summed E-state index contributed by atoms with van der Waals surface area (Å²) >= 11 is 0. The van der Waals surface area contributed by atoms with Crippen LogP contribution in [-0.2, 0) is 4.79 Å². The third-order valence-electron chi connectivity index (χ3n) is 5.89. The zero-order valence-corrected chi connectivity index (χ0v) is 12.4. The van der Waals surface area contributed by atoms with E-state index in [1.165, 1.54) is 44.9 Å². The van der Waals surface area contributed by atoms with E-state index in [9.17, 15) is 4.79 Å². The Labute approximate surface area is 111 Å². The van der Waals surface area contributed by atoms with Crippen LogP contribution < -0.4 is 5.32 Å². The summed E-state index contributed by atoms with van der Waals surface area (Å²) in [7, 11) is 0. The molecule has 2 nitrogen and oxygen atoms in total. The summed E-state index contributed by atoms with van der Waals surface area (Å²) in [5.74, 6) is 0.162. The zero-order valence-electron chi connectivity index (χ0n) is 12.4. The smallest absolute Gasteiger partial charge is 0.217 e. The van der Waals surface area contributed by atoms with Gasteiger partial charge in [0, 0.05) is 12.5 Å². The molecule has 0 heterocycles. The highest BCUT2D eigenvalue weighted by Crippen LogP contribution is 2.71. The molecule has 4 bridgehead atoms. The molecule has 1 N–H and O–H groups in total. The molecule has 0 saturated heterocycles. The fraction of sp³-hybridized carbons (Fsp3) is 0.938. The normalized spacial score (nSPS) is 53.6. The SMILES string of the molecule is CCC12CC3(C)CC(C)(C1)CC(NC(C)=O)(C3)C2. The van der Waals surface area contributed by atoms with Gasteiger partial charge in [-0.1, -0.05) is 27.2 Å². The van der Waals surface area contributed by atoms with Crippen molar-refractivity contribution in [2.45, 2.75) is 78.2 Å². The minimum absolute atomic E-state index is 0.111. The summed E-state index contributed by atoms with van der Waals surface area (Å²) in [5.41, 5.74) is 1.53. The Morgan fingerprint density at radius 1 is 1.00 bits per heavy atom. The van der Waals surface area contributed by atoms with Crippen molar-refractivity contribution in [3.63, 3.8) is 0 Å². The summed E-state index contributed by atoms with van der Waals surface area (Å²) in [4.78, 5) is 11.6. The molecule has 0 aliphatic heterocycles. The van der Waals surface area contributed by atoms with Crippen LogP contribution in [0.3, 0.4) is 0 Å². The second-order valence-electron chi connectivity index (χ2n) is 8.50. The molecule has 0 aromatic rings. The van der Waals surface area contributed by atoms with E-state index in [1.54, 1.807) is 6.92 Å². The van der Waals surface area contributed by atoms with Crippen molar-refractivity contribution in [3.05, 3.63) is 0 Å². The Hall–Kier alpha value is -0.530. The lowest BCUT2D eigenvalue weighted by atomic mass is 9.38. The first-order chi connectivity index (χ1) is 8.22. The van der Waals surface area contributed by atoms with Crippen LogP contribution in [0.25, 0.3) is 0 Å². The first-order valence-electron chi connectivity index (χ1n) is 7.51. The second-order valence-corrected chi connectivity index (χ2v) is 8.50. The predicted octanol–water partition coefficient (Wildman–Crippen LogP) is 3.65. The molecule has 1 amide bonds. The Morgan fingerprint density at radius 3 is 2.00 bits per heavy atom. The van der Waals surface area contributed by atoms with Gasteiger partial charge in [-0.05, 0) is 54.8 Å². The fourth-order valence-electron chi connectivity index (χ4n) is 6.82. The van der Waals surface area contributed by atoms with Crippen molar-refractivity contribution in [2.75, 3.05) is 0 Å². The topological polar surface area (TPSA) is 29.1 Å². The fourth-order valence-corrected chi connectivity index (χ4v) is 6.82. The number of carbonyl (C=O) groups excluding carboxylic acids is 1. The molecule has 2 heteroatoms. The highest BCUT2D eigenvalue weighted by atomic mass is 16.1. The molecule has 0 radical (unpaired) electrons. The van der Waals surface area contributed by atoms with Crippen LogP contribution in [-0.4, -0.2) is 11.4 Å². The van der Waals surface area contributed by atoms with Crippen molar-refractivity contribution in [1.29, 1.82) is 0 Å². The number of carbonyl (C=O) groups is 1. The Kier molecular flexibility index (Phi) is 2.30. The summed E-state index contributed by atoms with van der Waals surface area (Å²) in [5, 5.41) is 3.36. The van der Waals surface area contributed by atoms with E-state index < -0.39 is 0 Å². The molecule has 0 aromatic heterocycles. The van der Waals surface area contributed by atoms with Gasteiger partial charge in [-0.15, -0.1) is 0 Å². The molecule has 102 valence electrons. The van der Waals surface area contributed by atoms with Crippen LogP contribution in [0.5, 0.6) is 0 Å². The van der Waals surface area contributed by atoms with E-state index in [-0.39, 0.29) is 11.4 Å². The van der Waals surface area contributed by atoms with E-state index >= 15 is 0 Å². The van der Waals surface area contributed by atoms with Crippen LogP contribution in [0.1, 0.15) is 72.6 Å². The highest BCUT2D eigenvalue weighted by molar-refractivity contribution is 5.74. The first-order valence-corrected chi connectivity index (χ1v) is 7.51. The molecule has 4 fully saturated rings. The van der Waals surface area contributed by atoms with Crippen LogP contribution >= 0.6 is 0 Å². The van der Waals surface area contributed by atoms with E-state index in [2.05, 4.69) is 26.1 Å². The van der Waals surface area contributed by atoms with Crippen molar-refractivity contribution in [1.82, 2.24) is 5.32 Å².